The third-order valence-corrected chi connectivity index (χ3v) is 5.18. The number of anilines is 1. The largest absolute Gasteiger partial charge is 0.486 e. The third kappa shape index (κ3) is 4.47. The highest BCUT2D eigenvalue weighted by atomic mass is 16.5. The van der Waals surface area contributed by atoms with E-state index in [1.54, 1.807) is 23.1 Å². The van der Waals surface area contributed by atoms with Crippen LogP contribution in [-0.2, 0) is 17.9 Å². The molecule has 160 valence electrons. The Morgan fingerprint density at radius 3 is 2.56 bits per heavy atom. The van der Waals surface area contributed by atoms with Gasteiger partial charge >= 0.3 is 0 Å². The second-order valence-corrected chi connectivity index (χ2v) is 7.72. The lowest BCUT2D eigenvalue weighted by atomic mass is 10.1. The lowest BCUT2D eigenvalue weighted by molar-refractivity contribution is -0.119. The van der Waals surface area contributed by atoms with E-state index in [9.17, 15) is 10.1 Å². The average molecular weight is 425 g/mol. The molecule has 0 radical (unpaired) electrons. The molecule has 0 N–H and O–H groups in total. The van der Waals surface area contributed by atoms with E-state index >= 15 is 0 Å². The molecular formula is C26H24N4O2. The van der Waals surface area contributed by atoms with E-state index in [1.807, 2.05) is 79.1 Å². The Kier molecular flexibility index (Phi) is 6.18. The van der Waals surface area contributed by atoms with Crippen molar-refractivity contribution in [2.75, 3.05) is 4.90 Å². The quantitative estimate of drug-likeness (QED) is 0.422. The summed E-state index contributed by atoms with van der Waals surface area (Å²) in [7, 11) is 0. The molecule has 6 heteroatoms. The topological polar surface area (TPSA) is 71.2 Å². The van der Waals surface area contributed by atoms with Crippen molar-refractivity contribution >= 4 is 22.6 Å². The minimum Gasteiger partial charge on any atom is -0.486 e. The monoisotopic (exact) mass is 424 g/mol. The number of nitrogens with zero attached hydrogens (tertiary/aromatic N) is 4. The van der Waals surface area contributed by atoms with Crippen LogP contribution in [0, 0.1) is 11.3 Å². The van der Waals surface area contributed by atoms with Gasteiger partial charge in [-0.25, -0.2) is 4.98 Å². The number of hydrogen-bond donors (Lipinski definition) is 0. The van der Waals surface area contributed by atoms with Gasteiger partial charge in [0.25, 0.3) is 0 Å². The van der Waals surface area contributed by atoms with Crippen LogP contribution in [0.3, 0.4) is 0 Å². The van der Waals surface area contributed by atoms with Crippen molar-refractivity contribution in [3.8, 4) is 11.8 Å². The number of para-hydroxylation sites is 3. The molecule has 3 aromatic carbocycles. The Morgan fingerprint density at radius 2 is 1.81 bits per heavy atom. The highest BCUT2D eigenvalue weighted by Gasteiger charge is 2.22. The molecule has 4 rings (SSSR count). The van der Waals surface area contributed by atoms with Gasteiger partial charge in [0.2, 0.25) is 5.91 Å². The SMILES string of the molecule is CC(C)N(C(=O)Cn1c(COc2ccccc2)nc2ccccc21)c1cccc(C#N)c1. The summed E-state index contributed by atoms with van der Waals surface area (Å²) in [5.74, 6) is 1.34. The average Bonchev–Trinajstić information content (AvgIpc) is 3.15. The van der Waals surface area contributed by atoms with Crippen molar-refractivity contribution in [3.05, 3.63) is 90.3 Å². The molecule has 0 bridgehead atoms. The van der Waals surface area contributed by atoms with E-state index in [4.69, 9.17) is 9.72 Å². The van der Waals surface area contributed by atoms with Crippen molar-refractivity contribution in [1.82, 2.24) is 9.55 Å². The Morgan fingerprint density at radius 1 is 1.06 bits per heavy atom. The van der Waals surface area contributed by atoms with Gasteiger partial charge in [0.05, 0.1) is 22.7 Å². The highest BCUT2D eigenvalue weighted by Crippen LogP contribution is 2.22. The van der Waals surface area contributed by atoms with Crippen molar-refractivity contribution in [2.24, 2.45) is 0 Å². The fourth-order valence-electron chi connectivity index (χ4n) is 3.74. The molecule has 1 aromatic heterocycles. The molecule has 0 saturated heterocycles. The number of fused-ring (bicyclic) bond motifs is 1. The van der Waals surface area contributed by atoms with Crippen LogP contribution in [0.15, 0.2) is 78.9 Å². The summed E-state index contributed by atoms with van der Waals surface area (Å²) in [4.78, 5) is 19.9. The Bertz CT molecular complexity index is 1270. The molecule has 0 saturated carbocycles. The van der Waals surface area contributed by atoms with Crippen molar-refractivity contribution in [2.45, 2.75) is 33.0 Å². The highest BCUT2D eigenvalue weighted by molar-refractivity contribution is 5.94. The Labute approximate surface area is 187 Å². The molecule has 0 aliphatic rings. The van der Waals surface area contributed by atoms with Gasteiger partial charge in [-0.1, -0.05) is 36.4 Å². The number of nitriles is 1. The van der Waals surface area contributed by atoms with Gasteiger partial charge in [-0.05, 0) is 56.3 Å². The molecule has 32 heavy (non-hydrogen) atoms. The lowest BCUT2D eigenvalue weighted by Gasteiger charge is -2.27. The minimum atomic E-state index is -0.0841. The van der Waals surface area contributed by atoms with Crippen LogP contribution in [-0.4, -0.2) is 21.5 Å². The third-order valence-electron chi connectivity index (χ3n) is 5.18. The van der Waals surface area contributed by atoms with Crippen LogP contribution >= 0.6 is 0 Å². The summed E-state index contributed by atoms with van der Waals surface area (Å²) in [6.45, 7) is 4.28. The molecular weight excluding hydrogens is 400 g/mol. The maximum Gasteiger partial charge on any atom is 0.247 e. The normalized spacial score (nSPS) is 10.8. The molecule has 0 spiro atoms. The van der Waals surface area contributed by atoms with Gasteiger partial charge < -0.3 is 14.2 Å². The van der Waals surface area contributed by atoms with E-state index in [2.05, 4.69) is 6.07 Å². The molecule has 4 aromatic rings. The zero-order valence-corrected chi connectivity index (χ0v) is 18.1. The number of aromatic nitrogens is 2. The van der Waals surface area contributed by atoms with Crippen LogP contribution in [0.4, 0.5) is 5.69 Å². The lowest BCUT2D eigenvalue weighted by Crippen LogP contribution is -2.39. The summed E-state index contributed by atoms with van der Waals surface area (Å²) in [5.41, 5.74) is 2.91. The molecule has 0 aliphatic heterocycles. The predicted octanol–water partition coefficient (Wildman–Crippen LogP) is 4.93. The van der Waals surface area contributed by atoms with Crippen molar-refractivity contribution in [3.63, 3.8) is 0 Å². The van der Waals surface area contributed by atoms with Crippen LogP contribution in [0.5, 0.6) is 5.75 Å². The number of rotatable bonds is 7. The second-order valence-electron chi connectivity index (χ2n) is 7.72. The van der Waals surface area contributed by atoms with Gasteiger partial charge in [0.1, 0.15) is 24.7 Å². The first-order valence-electron chi connectivity index (χ1n) is 10.5. The van der Waals surface area contributed by atoms with E-state index in [0.717, 1.165) is 16.8 Å². The Hall–Kier alpha value is -4.11. The van der Waals surface area contributed by atoms with Crippen molar-refractivity contribution < 1.29 is 9.53 Å². The standard InChI is InChI=1S/C26H24N4O2/c1-19(2)30(21-10-8-9-20(15-21)16-27)26(31)17-29-24-14-7-6-13-23(24)28-25(29)18-32-22-11-4-3-5-12-22/h3-15,19H,17-18H2,1-2H3. The molecule has 0 unspecified atom stereocenters. The molecule has 0 fully saturated rings. The second kappa shape index (κ2) is 9.36. The summed E-state index contributed by atoms with van der Waals surface area (Å²) < 4.78 is 7.83. The summed E-state index contributed by atoms with van der Waals surface area (Å²) >= 11 is 0. The predicted molar refractivity (Wildman–Crippen MR) is 124 cm³/mol. The summed E-state index contributed by atoms with van der Waals surface area (Å²) in [5, 5.41) is 9.26. The molecule has 0 aliphatic carbocycles. The summed E-state index contributed by atoms with van der Waals surface area (Å²) in [6, 6.07) is 26.5. The first-order chi connectivity index (χ1) is 15.6. The summed E-state index contributed by atoms with van der Waals surface area (Å²) in [6.07, 6.45) is 0. The number of benzene rings is 3. The number of ether oxygens (including phenoxy) is 1. The maximum atomic E-state index is 13.5. The smallest absolute Gasteiger partial charge is 0.247 e. The van der Waals surface area contributed by atoms with Crippen molar-refractivity contribution in [1.29, 1.82) is 5.26 Å². The van der Waals surface area contributed by atoms with Crippen LogP contribution in [0.2, 0.25) is 0 Å². The molecule has 0 atom stereocenters. The minimum absolute atomic E-state index is 0.0738. The fourth-order valence-corrected chi connectivity index (χ4v) is 3.74. The van der Waals surface area contributed by atoms with Gasteiger partial charge in [0, 0.05) is 11.7 Å². The number of hydrogen-bond acceptors (Lipinski definition) is 4. The zero-order valence-electron chi connectivity index (χ0n) is 18.1. The van der Waals surface area contributed by atoms with Gasteiger partial charge in [-0.2, -0.15) is 5.26 Å². The van der Waals surface area contributed by atoms with Crippen LogP contribution in [0.25, 0.3) is 11.0 Å². The van der Waals surface area contributed by atoms with Gasteiger partial charge in [-0.15, -0.1) is 0 Å². The number of imidazole rings is 1. The Balaban J connectivity index is 1.65. The van der Waals surface area contributed by atoms with Gasteiger partial charge in [-0.3, -0.25) is 4.79 Å². The van der Waals surface area contributed by atoms with E-state index in [-0.39, 0.29) is 25.1 Å². The van der Waals surface area contributed by atoms with Crippen LogP contribution < -0.4 is 9.64 Å². The fraction of sp³-hybridized carbons (Fsp3) is 0.192. The van der Waals surface area contributed by atoms with E-state index in [0.29, 0.717) is 17.1 Å². The molecule has 6 nitrogen and oxygen atoms in total. The van der Waals surface area contributed by atoms with E-state index in [1.165, 1.54) is 0 Å². The first kappa shape index (κ1) is 21.1. The molecule has 1 amide bonds. The maximum absolute atomic E-state index is 13.5. The first-order valence-corrected chi connectivity index (χ1v) is 10.5. The van der Waals surface area contributed by atoms with E-state index < -0.39 is 0 Å². The number of amides is 1. The zero-order chi connectivity index (χ0) is 22.5. The van der Waals surface area contributed by atoms with Gasteiger partial charge in [0.15, 0.2) is 0 Å². The van der Waals surface area contributed by atoms with Crippen LogP contribution in [0.1, 0.15) is 25.2 Å². The number of carbonyl (C=O) groups excluding carboxylic acids is 1. The number of carbonyl (C=O) groups is 1. The molecule has 1 heterocycles.